The molecule has 7 nitrogen and oxygen atoms in total. The fraction of sp³-hybridized carbons (Fsp3) is 0.294. The molecule has 0 atom stereocenters. The van der Waals surface area contributed by atoms with Crippen LogP contribution < -0.4 is 5.32 Å². The minimum atomic E-state index is -0.126. The number of aromatic nitrogens is 5. The molecule has 0 aliphatic carbocycles. The van der Waals surface area contributed by atoms with Gasteiger partial charge in [0.05, 0.1) is 17.1 Å². The lowest BCUT2D eigenvalue weighted by Crippen LogP contribution is -2.17. The second kappa shape index (κ2) is 7.10. The molecular weight excluding hydrogens is 336 g/mol. The molecule has 0 bridgehead atoms. The molecule has 130 valence electrons. The zero-order chi connectivity index (χ0) is 17.9. The van der Waals surface area contributed by atoms with Crippen molar-refractivity contribution >= 4 is 23.5 Å². The van der Waals surface area contributed by atoms with Crippen LogP contribution in [0.15, 0.2) is 47.9 Å². The highest BCUT2D eigenvalue weighted by molar-refractivity contribution is 7.99. The van der Waals surface area contributed by atoms with Crippen LogP contribution in [0.3, 0.4) is 0 Å². The number of carbonyl (C=O) groups is 1. The Bertz CT molecular complexity index is 836. The van der Waals surface area contributed by atoms with Crippen molar-refractivity contribution in [3.8, 4) is 5.69 Å². The van der Waals surface area contributed by atoms with E-state index in [0.717, 1.165) is 11.4 Å². The minimum Gasteiger partial charge on any atom is -0.310 e. The van der Waals surface area contributed by atoms with E-state index in [1.54, 1.807) is 4.68 Å². The first-order valence-corrected chi connectivity index (χ1v) is 8.86. The molecule has 3 aromatic rings. The van der Waals surface area contributed by atoms with Crippen molar-refractivity contribution in [2.45, 2.75) is 31.3 Å². The van der Waals surface area contributed by atoms with E-state index in [-0.39, 0.29) is 17.1 Å². The normalized spacial score (nSPS) is 11.5. The quantitative estimate of drug-likeness (QED) is 0.686. The molecule has 0 saturated carbocycles. The summed E-state index contributed by atoms with van der Waals surface area (Å²) in [6.07, 6.45) is 1.42. The third-order valence-electron chi connectivity index (χ3n) is 3.48. The number of hydrogen-bond donors (Lipinski definition) is 2. The number of thioether (sulfide) groups is 1. The van der Waals surface area contributed by atoms with Gasteiger partial charge in [-0.05, 0) is 12.1 Å². The zero-order valence-electron chi connectivity index (χ0n) is 14.4. The first kappa shape index (κ1) is 17.2. The fourth-order valence-corrected chi connectivity index (χ4v) is 2.76. The van der Waals surface area contributed by atoms with Crippen molar-refractivity contribution in [1.29, 1.82) is 0 Å². The van der Waals surface area contributed by atoms with E-state index in [1.165, 1.54) is 18.1 Å². The van der Waals surface area contributed by atoms with Crippen LogP contribution in [-0.2, 0) is 10.2 Å². The zero-order valence-corrected chi connectivity index (χ0v) is 15.2. The van der Waals surface area contributed by atoms with Crippen LogP contribution in [0, 0.1) is 0 Å². The minimum absolute atomic E-state index is 0.117. The van der Waals surface area contributed by atoms with Crippen molar-refractivity contribution in [2.75, 3.05) is 11.1 Å². The van der Waals surface area contributed by atoms with Gasteiger partial charge in [0.25, 0.3) is 0 Å². The topological polar surface area (TPSA) is 88.5 Å². The number of H-pyrrole nitrogens is 1. The highest BCUT2D eigenvalue weighted by Crippen LogP contribution is 2.26. The molecule has 0 unspecified atom stereocenters. The largest absolute Gasteiger partial charge is 0.310 e. The summed E-state index contributed by atoms with van der Waals surface area (Å²) in [6.45, 7) is 6.28. The average molecular weight is 356 g/mol. The summed E-state index contributed by atoms with van der Waals surface area (Å²) in [6, 6.07) is 11.7. The molecule has 2 N–H and O–H groups in total. The van der Waals surface area contributed by atoms with E-state index in [1.807, 2.05) is 36.4 Å². The smallest absolute Gasteiger partial charge is 0.236 e. The monoisotopic (exact) mass is 356 g/mol. The molecular formula is C17H20N6OS. The van der Waals surface area contributed by atoms with E-state index >= 15 is 0 Å². The molecule has 0 radical (unpaired) electrons. The first-order valence-electron chi connectivity index (χ1n) is 7.87. The van der Waals surface area contributed by atoms with Crippen molar-refractivity contribution in [3.63, 3.8) is 0 Å². The Morgan fingerprint density at radius 2 is 2.04 bits per heavy atom. The summed E-state index contributed by atoms with van der Waals surface area (Å²) in [7, 11) is 0. The maximum Gasteiger partial charge on any atom is 0.236 e. The molecule has 0 aliphatic rings. The standard InChI is InChI=1S/C17H20N6OS/c1-17(2,3)13-9-14(23(22-13)12-7-5-4-6-8-12)20-15(24)10-25-16-18-11-19-21-16/h4-9,11H,10H2,1-3H3,(H,20,24)(H,18,19,21). The number of aromatic amines is 1. The predicted octanol–water partition coefficient (Wildman–Crippen LogP) is 3.02. The summed E-state index contributed by atoms with van der Waals surface area (Å²) < 4.78 is 1.76. The number of nitrogens with zero attached hydrogens (tertiary/aromatic N) is 4. The van der Waals surface area contributed by atoms with Crippen LogP contribution in [0.25, 0.3) is 5.69 Å². The number of nitrogens with one attached hydrogen (secondary N) is 2. The number of carbonyl (C=O) groups excluding carboxylic acids is 1. The summed E-state index contributed by atoms with van der Waals surface area (Å²) in [5, 5.41) is 14.7. The maximum atomic E-state index is 12.3. The molecule has 0 aliphatic heterocycles. The van der Waals surface area contributed by atoms with Crippen LogP contribution in [0.2, 0.25) is 0 Å². The molecule has 25 heavy (non-hydrogen) atoms. The van der Waals surface area contributed by atoms with Crippen molar-refractivity contribution in [3.05, 3.63) is 48.4 Å². The number of rotatable bonds is 5. The van der Waals surface area contributed by atoms with Crippen LogP contribution in [0.4, 0.5) is 5.82 Å². The number of benzene rings is 1. The molecule has 0 saturated heterocycles. The van der Waals surface area contributed by atoms with Gasteiger partial charge in [-0.3, -0.25) is 9.89 Å². The number of hydrogen-bond acceptors (Lipinski definition) is 5. The second-order valence-corrected chi connectivity index (χ2v) is 7.50. The van der Waals surface area contributed by atoms with E-state index < -0.39 is 0 Å². The van der Waals surface area contributed by atoms with Crippen LogP contribution in [0.1, 0.15) is 26.5 Å². The molecule has 8 heteroatoms. The molecule has 2 aromatic heterocycles. The van der Waals surface area contributed by atoms with Gasteiger partial charge < -0.3 is 5.32 Å². The SMILES string of the molecule is CC(C)(C)c1cc(NC(=O)CSc2ncn[nH]2)n(-c2ccccc2)n1. The van der Waals surface area contributed by atoms with E-state index in [4.69, 9.17) is 0 Å². The van der Waals surface area contributed by atoms with Gasteiger partial charge in [-0.15, -0.1) is 0 Å². The highest BCUT2D eigenvalue weighted by atomic mass is 32.2. The van der Waals surface area contributed by atoms with E-state index in [0.29, 0.717) is 11.0 Å². The lowest BCUT2D eigenvalue weighted by Gasteiger charge is -2.14. The fourth-order valence-electron chi connectivity index (χ4n) is 2.18. The summed E-state index contributed by atoms with van der Waals surface area (Å²) >= 11 is 1.30. The Balaban J connectivity index is 1.81. The maximum absolute atomic E-state index is 12.3. The first-order chi connectivity index (χ1) is 11.9. The van der Waals surface area contributed by atoms with Crippen molar-refractivity contribution < 1.29 is 4.79 Å². The van der Waals surface area contributed by atoms with Gasteiger partial charge in [-0.1, -0.05) is 50.7 Å². The predicted molar refractivity (Wildman–Crippen MR) is 98.0 cm³/mol. The molecule has 1 amide bonds. The van der Waals surface area contributed by atoms with E-state index in [2.05, 4.69) is 46.4 Å². The van der Waals surface area contributed by atoms with E-state index in [9.17, 15) is 4.79 Å². The van der Waals surface area contributed by atoms with Gasteiger partial charge in [0.2, 0.25) is 5.91 Å². The third-order valence-corrected chi connectivity index (χ3v) is 4.36. The van der Waals surface area contributed by atoms with Gasteiger partial charge in [0.15, 0.2) is 5.16 Å². The Labute approximate surface area is 150 Å². The van der Waals surface area contributed by atoms with Crippen molar-refractivity contribution in [2.24, 2.45) is 0 Å². The Kier molecular flexibility index (Phi) is 4.89. The summed E-state index contributed by atoms with van der Waals surface area (Å²) in [4.78, 5) is 16.3. The lowest BCUT2D eigenvalue weighted by atomic mass is 9.92. The number of amides is 1. The average Bonchev–Trinajstić information content (AvgIpc) is 3.23. The van der Waals surface area contributed by atoms with Crippen LogP contribution >= 0.6 is 11.8 Å². The molecule has 0 spiro atoms. The number of para-hydroxylation sites is 1. The summed E-state index contributed by atoms with van der Waals surface area (Å²) in [5.74, 6) is 0.762. The van der Waals surface area contributed by atoms with Gasteiger partial charge in [0, 0.05) is 11.5 Å². The summed E-state index contributed by atoms with van der Waals surface area (Å²) in [5.41, 5.74) is 1.69. The van der Waals surface area contributed by atoms with Gasteiger partial charge >= 0.3 is 0 Å². The van der Waals surface area contributed by atoms with Gasteiger partial charge in [0.1, 0.15) is 12.1 Å². The Morgan fingerprint density at radius 3 is 2.68 bits per heavy atom. The highest BCUT2D eigenvalue weighted by Gasteiger charge is 2.21. The molecule has 1 aromatic carbocycles. The molecule has 2 heterocycles. The van der Waals surface area contributed by atoms with Crippen LogP contribution in [-0.4, -0.2) is 36.6 Å². The Hall–Kier alpha value is -2.61. The second-order valence-electron chi connectivity index (χ2n) is 6.54. The van der Waals surface area contributed by atoms with Crippen LogP contribution in [0.5, 0.6) is 0 Å². The van der Waals surface area contributed by atoms with Gasteiger partial charge in [-0.25, -0.2) is 9.67 Å². The Morgan fingerprint density at radius 1 is 1.28 bits per heavy atom. The van der Waals surface area contributed by atoms with Gasteiger partial charge in [-0.2, -0.15) is 10.2 Å². The molecule has 0 fully saturated rings. The van der Waals surface area contributed by atoms with Crippen molar-refractivity contribution in [1.82, 2.24) is 25.0 Å². The number of anilines is 1. The third kappa shape index (κ3) is 4.27. The molecule has 3 rings (SSSR count). The lowest BCUT2D eigenvalue weighted by molar-refractivity contribution is -0.113.